The highest BCUT2D eigenvalue weighted by Crippen LogP contribution is 2.32. The molecule has 0 radical (unpaired) electrons. The fraction of sp³-hybridized carbons (Fsp3) is 0.385. The van der Waals surface area contributed by atoms with Gasteiger partial charge < -0.3 is 10.4 Å². The second-order valence-electron chi connectivity index (χ2n) is 4.40. The van der Waals surface area contributed by atoms with Crippen LogP contribution >= 0.6 is 34.4 Å². The van der Waals surface area contributed by atoms with Crippen LogP contribution in [-0.2, 0) is 4.79 Å². The smallest absolute Gasteiger partial charge is 0.327 e. The van der Waals surface area contributed by atoms with Crippen molar-refractivity contribution in [3.8, 4) is 0 Å². The number of rotatable bonds is 3. The number of amides is 2. The van der Waals surface area contributed by atoms with E-state index in [2.05, 4.69) is 27.9 Å². The number of carbonyl (C=O) groups excluding carboxylic acids is 1. The number of aliphatic carboxylic acids is 1. The lowest BCUT2D eigenvalue weighted by Crippen LogP contribution is -2.47. The maximum atomic E-state index is 12.3. The molecule has 1 aromatic carbocycles. The van der Waals surface area contributed by atoms with E-state index in [0.717, 1.165) is 9.99 Å². The molecule has 1 heterocycles. The minimum absolute atomic E-state index is 0.0844. The molecule has 1 aromatic rings. The van der Waals surface area contributed by atoms with Crippen molar-refractivity contribution in [1.29, 1.82) is 0 Å². The standard InChI is InChI=1S/C13H15IN2O3S/c1-2-11-16(10(7-20-11)12(17)18)13(19)15-9-5-3-4-8(14)6-9/h3-6,10-11H,2,7H2,1H3,(H,15,19)(H,17,18). The van der Waals surface area contributed by atoms with Gasteiger partial charge >= 0.3 is 12.0 Å². The van der Waals surface area contributed by atoms with Crippen LogP contribution in [0.4, 0.5) is 10.5 Å². The van der Waals surface area contributed by atoms with Crippen LogP contribution in [0.5, 0.6) is 0 Å². The molecule has 1 fully saturated rings. The Morgan fingerprint density at radius 3 is 2.90 bits per heavy atom. The van der Waals surface area contributed by atoms with Gasteiger partial charge in [-0.1, -0.05) is 13.0 Å². The maximum Gasteiger partial charge on any atom is 0.327 e. The Labute approximate surface area is 135 Å². The normalized spacial score (nSPS) is 21.8. The Hall–Kier alpha value is -0.960. The van der Waals surface area contributed by atoms with Gasteiger partial charge in [0.2, 0.25) is 0 Å². The van der Waals surface area contributed by atoms with Crippen LogP contribution in [0.2, 0.25) is 0 Å². The number of nitrogens with zero attached hydrogens (tertiary/aromatic N) is 1. The molecule has 1 aliphatic heterocycles. The number of nitrogens with one attached hydrogen (secondary N) is 1. The summed E-state index contributed by atoms with van der Waals surface area (Å²) in [6, 6.07) is 6.31. The van der Waals surface area contributed by atoms with E-state index in [1.807, 2.05) is 25.1 Å². The van der Waals surface area contributed by atoms with Crippen molar-refractivity contribution in [3.63, 3.8) is 0 Å². The second-order valence-corrected chi connectivity index (χ2v) is 6.85. The highest BCUT2D eigenvalue weighted by molar-refractivity contribution is 14.1. The zero-order chi connectivity index (χ0) is 14.7. The maximum absolute atomic E-state index is 12.3. The molecule has 2 amide bonds. The number of hydrogen-bond acceptors (Lipinski definition) is 3. The topological polar surface area (TPSA) is 69.6 Å². The first kappa shape index (κ1) is 15.4. The van der Waals surface area contributed by atoms with Gasteiger partial charge in [0.05, 0.1) is 5.37 Å². The number of carboxylic acids is 1. The average molecular weight is 406 g/mol. The van der Waals surface area contributed by atoms with E-state index in [1.54, 1.807) is 6.07 Å². The molecular weight excluding hydrogens is 391 g/mol. The fourth-order valence-corrected chi connectivity index (χ4v) is 3.98. The number of benzene rings is 1. The molecule has 1 saturated heterocycles. The molecule has 0 aliphatic carbocycles. The number of hydrogen-bond donors (Lipinski definition) is 2. The van der Waals surface area contributed by atoms with Crippen molar-refractivity contribution >= 4 is 52.0 Å². The van der Waals surface area contributed by atoms with E-state index >= 15 is 0 Å². The first-order valence-corrected chi connectivity index (χ1v) is 8.35. The zero-order valence-corrected chi connectivity index (χ0v) is 13.8. The lowest BCUT2D eigenvalue weighted by atomic mass is 10.2. The first-order valence-electron chi connectivity index (χ1n) is 6.22. The van der Waals surface area contributed by atoms with Crippen molar-refractivity contribution in [1.82, 2.24) is 4.90 Å². The molecule has 7 heteroatoms. The molecule has 2 atom stereocenters. The highest BCUT2D eigenvalue weighted by atomic mass is 127. The number of carbonyl (C=O) groups is 2. The number of thioether (sulfide) groups is 1. The van der Waals surface area contributed by atoms with E-state index in [9.17, 15) is 14.7 Å². The molecule has 20 heavy (non-hydrogen) atoms. The molecule has 2 rings (SSSR count). The Morgan fingerprint density at radius 2 is 2.30 bits per heavy atom. The summed E-state index contributed by atoms with van der Waals surface area (Å²) in [5, 5.41) is 11.9. The lowest BCUT2D eigenvalue weighted by Gasteiger charge is -2.26. The van der Waals surface area contributed by atoms with Gasteiger partial charge in [-0.2, -0.15) is 0 Å². The van der Waals surface area contributed by atoms with Crippen molar-refractivity contribution in [2.24, 2.45) is 0 Å². The Bertz CT molecular complexity index is 526. The summed E-state index contributed by atoms with van der Waals surface area (Å²) in [7, 11) is 0. The van der Waals surface area contributed by atoms with Crippen molar-refractivity contribution in [2.75, 3.05) is 11.1 Å². The predicted molar refractivity (Wildman–Crippen MR) is 88.0 cm³/mol. The third-order valence-corrected chi connectivity index (χ3v) is 5.16. The fourth-order valence-electron chi connectivity index (χ4n) is 2.09. The Morgan fingerprint density at radius 1 is 1.55 bits per heavy atom. The lowest BCUT2D eigenvalue weighted by molar-refractivity contribution is -0.141. The van der Waals surface area contributed by atoms with Gasteiger partial charge in [-0.3, -0.25) is 4.90 Å². The van der Waals surface area contributed by atoms with Crippen LogP contribution in [0.25, 0.3) is 0 Å². The van der Waals surface area contributed by atoms with Gasteiger partial charge in [-0.05, 0) is 47.2 Å². The molecular formula is C13H15IN2O3S. The van der Waals surface area contributed by atoms with Gasteiger partial charge in [0, 0.05) is 15.0 Å². The van der Waals surface area contributed by atoms with Gasteiger partial charge in [-0.25, -0.2) is 9.59 Å². The molecule has 5 nitrogen and oxygen atoms in total. The Kier molecular flexibility index (Phi) is 5.14. The molecule has 2 unspecified atom stereocenters. The monoisotopic (exact) mass is 406 g/mol. The van der Waals surface area contributed by atoms with Crippen molar-refractivity contribution in [2.45, 2.75) is 24.8 Å². The molecule has 0 bridgehead atoms. The van der Waals surface area contributed by atoms with Crippen molar-refractivity contribution < 1.29 is 14.7 Å². The van der Waals surface area contributed by atoms with E-state index in [-0.39, 0.29) is 11.4 Å². The molecule has 1 aliphatic rings. The van der Waals surface area contributed by atoms with Gasteiger partial charge in [-0.15, -0.1) is 11.8 Å². The number of urea groups is 1. The second kappa shape index (κ2) is 6.66. The molecule has 2 N–H and O–H groups in total. The van der Waals surface area contributed by atoms with E-state index in [4.69, 9.17) is 0 Å². The van der Waals surface area contributed by atoms with Gasteiger partial charge in [0.1, 0.15) is 6.04 Å². The number of anilines is 1. The van der Waals surface area contributed by atoms with E-state index in [1.165, 1.54) is 16.7 Å². The van der Waals surface area contributed by atoms with Crippen LogP contribution in [0.15, 0.2) is 24.3 Å². The van der Waals surface area contributed by atoms with Gasteiger partial charge in [0.25, 0.3) is 0 Å². The molecule has 108 valence electrons. The zero-order valence-electron chi connectivity index (χ0n) is 10.9. The summed E-state index contributed by atoms with van der Waals surface area (Å²) in [5.74, 6) is -0.514. The van der Waals surface area contributed by atoms with E-state index in [0.29, 0.717) is 11.4 Å². The number of halogens is 1. The molecule has 0 aromatic heterocycles. The quantitative estimate of drug-likeness (QED) is 0.758. The van der Waals surface area contributed by atoms with E-state index < -0.39 is 12.0 Å². The van der Waals surface area contributed by atoms with Crippen LogP contribution in [-0.4, -0.2) is 39.2 Å². The molecule has 0 saturated carbocycles. The summed E-state index contributed by atoms with van der Waals surface area (Å²) in [4.78, 5) is 25.0. The van der Waals surface area contributed by atoms with Crippen LogP contribution in [0.3, 0.4) is 0 Å². The third-order valence-electron chi connectivity index (χ3n) is 3.04. The minimum atomic E-state index is -0.953. The van der Waals surface area contributed by atoms with Crippen molar-refractivity contribution in [3.05, 3.63) is 27.8 Å². The summed E-state index contributed by atoms with van der Waals surface area (Å²) >= 11 is 3.68. The minimum Gasteiger partial charge on any atom is -0.480 e. The first-order chi connectivity index (χ1) is 9.52. The summed E-state index contributed by atoms with van der Waals surface area (Å²) in [6.45, 7) is 1.95. The van der Waals surface area contributed by atoms with Crippen LogP contribution < -0.4 is 5.32 Å². The summed E-state index contributed by atoms with van der Waals surface area (Å²) in [5.41, 5.74) is 0.679. The summed E-state index contributed by atoms with van der Waals surface area (Å²) < 4.78 is 1.01. The average Bonchev–Trinajstić information content (AvgIpc) is 2.82. The Balaban J connectivity index is 2.15. The predicted octanol–water partition coefficient (Wildman–Crippen LogP) is 3.06. The molecule has 0 spiro atoms. The van der Waals surface area contributed by atoms with Crippen LogP contribution in [0, 0.1) is 3.57 Å². The SMILES string of the molecule is CCC1SCC(C(=O)O)N1C(=O)Nc1cccc(I)c1. The largest absolute Gasteiger partial charge is 0.480 e. The summed E-state index contributed by atoms with van der Waals surface area (Å²) in [6.07, 6.45) is 0.730. The third kappa shape index (κ3) is 3.38. The van der Waals surface area contributed by atoms with Crippen LogP contribution in [0.1, 0.15) is 13.3 Å². The van der Waals surface area contributed by atoms with Gasteiger partial charge in [0.15, 0.2) is 0 Å². The number of carboxylic acid groups (broad SMARTS) is 1. The highest BCUT2D eigenvalue weighted by Gasteiger charge is 2.40.